The van der Waals surface area contributed by atoms with Gasteiger partial charge in [-0.2, -0.15) is 0 Å². The lowest BCUT2D eigenvalue weighted by atomic mass is 9.98. The van der Waals surface area contributed by atoms with Crippen LogP contribution in [0, 0.1) is 0 Å². The Morgan fingerprint density at radius 1 is 1.00 bits per heavy atom. The minimum Gasteiger partial charge on any atom is -0.328 e. The highest BCUT2D eigenvalue weighted by atomic mass is 15.2. The number of hydrogen-bond donors (Lipinski definition) is 1. The van der Waals surface area contributed by atoms with E-state index in [1.165, 1.54) is 64.8 Å². The summed E-state index contributed by atoms with van der Waals surface area (Å²) in [7, 11) is 0. The van der Waals surface area contributed by atoms with Gasteiger partial charge in [-0.05, 0) is 64.8 Å². The molecule has 0 aromatic rings. The van der Waals surface area contributed by atoms with Crippen molar-refractivity contribution in [2.24, 2.45) is 5.73 Å². The second-order valence-corrected chi connectivity index (χ2v) is 5.45. The predicted octanol–water partition coefficient (Wildman–Crippen LogP) is 1.28. The van der Waals surface area contributed by atoms with Gasteiger partial charge in [0, 0.05) is 12.1 Å². The molecule has 16 heavy (non-hydrogen) atoms. The second kappa shape index (κ2) is 5.99. The van der Waals surface area contributed by atoms with E-state index in [2.05, 4.69) is 16.7 Å². The first-order chi connectivity index (χ1) is 7.79. The first kappa shape index (κ1) is 12.3. The number of piperidine rings is 2. The molecule has 0 atom stereocenters. The molecular weight excluding hydrogens is 198 g/mol. The van der Waals surface area contributed by atoms with Crippen LogP contribution in [0.15, 0.2) is 0 Å². The summed E-state index contributed by atoms with van der Waals surface area (Å²) in [5, 5.41) is 0. The molecule has 0 aromatic heterocycles. The molecule has 94 valence electrons. The molecule has 0 bridgehead atoms. The molecule has 2 N–H and O–H groups in total. The maximum Gasteiger partial charge on any atom is 0.0120 e. The van der Waals surface area contributed by atoms with Crippen LogP contribution in [-0.4, -0.2) is 54.6 Å². The molecule has 0 spiro atoms. The number of rotatable bonds is 3. The van der Waals surface area contributed by atoms with E-state index in [4.69, 9.17) is 5.73 Å². The minimum absolute atomic E-state index is 0.469. The van der Waals surface area contributed by atoms with Gasteiger partial charge in [0.15, 0.2) is 0 Å². The molecule has 0 radical (unpaired) electrons. The fourth-order valence-electron chi connectivity index (χ4n) is 3.11. The zero-order valence-corrected chi connectivity index (χ0v) is 10.7. The highest BCUT2D eigenvalue weighted by Gasteiger charge is 2.26. The highest BCUT2D eigenvalue weighted by molar-refractivity contribution is 4.83. The fraction of sp³-hybridized carbons (Fsp3) is 1.00. The molecule has 2 heterocycles. The van der Waals surface area contributed by atoms with Crippen molar-refractivity contribution in [3.8, 4) is 0 Å². The third-order valence-corrected chi connectivity index (χ3v) is 4.19. The molecule has 2 aliphatic heterocycles. The largest absolute Gasteiger partial charge is 0.328 e. The predicted molar refractivity (Wildman–Crippen MR) is 68.5 cm³/mol. The SMILES string of the molecule is CCCN1CCC(N2CCC(N)CC2)CC1. The third kappa shape index (κ3) is 3.19. The first-order valence-electron chi connectivity index (χ1n) is 7.01. The Morgan fingerprint density at radius 2 is 1.62 bits per heavy atom. The van der Waals surface area contributed by atoms with Crippen molar-refractivity contribution >= 4 is 0 Å². The molecular formula is C13H27N3. The molecule has 0 amide bonds. The van der Waals surface area contributed by atoms with Crippen molar-refractivity contribution < 1.29 is 0 Å². The van der Waals surface area contributed by atoms with Gasteiger partial charge in [-0.15, -0.1) is 0 Å². The van der Waals surface area contributed by atoms with Gasteiger partial charge in [-0.3, -0.25) is 0 Å². The van der Waals surface area contributed by atoms with Gasteiger partial charge in [0.05, 0.1) is 0 Å². The third-order valence-electron chi connectivity index (χ3n) is 4.19. The Hall–Kier alpha value is -0.120. The lowest BCUT2D eigenvalue weighted by molar-refractivity contribution is 0.0880. The van der Waals surface area contributed by atoms with E-state index < -0.39 is 0 Å². The topological polar surface area (TPSA) is 32.5 Å². The minimum atomic E-state index is 0.469. The molecule has 3 heteroatoms. The maximum atomic E-state index is 5.95. The second-order valence-electron chi connectivity index (χ2n) is 5.45. The van der Waals surface area contributed by atoms with Crippen LogP contribution < -0.4 is 5.73 Å². The van der Waals surface area contributed by atoms with Crippen molar-refractivity contribution in [1.82, 2.24) is 9.80 Å². The van der Waals surface area contributed by atoms with E-state index in [1.807, 2.05) is 0 Å². The number of nitrogens with two attached hydrogens (primary N) is 1. The van der Waals surface area contributed by atoms with Gasteiger partial charge in [0.25, 0.3) is 0 Å². The Labute approximate surface area is 100.0 Å². The van der Waals surface area contributed by atoms with E-state index >= 15 is 0 Å². The van der Waals surface area contributed by atoms with E-state index in [9.17, 15) is 0 Å². The van der Waals surface area contributed by atoms with Crippen molar-refractivity contribution in [2.45, 2.75) is 51.1 Å². The van der Waals surface area contributed by atoms with Crippen molar-refractivity contribution in [3.63, 3.8) is 0 Å². The molecule has 2 aliphatic rings. The summed E-state index contributed by atoms with van der Waals surface area (Å²) in [6, 6.07) is 1.32. The van der Waals surface area contributed by atoms with Crippen molar-refractivity contribution in [3.05, 3.63) is 0 Å². The summed E-state index contributed by atoms with van der Waals surface area (Å²) in [4.78, 5) is 5.30. The summed E-state index contributed by atoms with van der Waals surface area (Å²) < 4.78 is 0. The normalized spacial score (nSPS) is 27.4. The first-order valence-corrected chi connectivity index (χ1v) is 7.01. The molecule has 0 unspecified atom stereocenters. The van der Waals surface area contributed by atoms with Crippen LogP contribution in [-0.2, 0) is 0 Å². The highest BCUT2D eigenvalue weighted by Crippen LogP contribution is 2.20. The van der Waals surface area contributed by atoms with Gasteiger partial charge in [-0.1, -0.05) is 6.92 Å². The van der Waals surface area contributed by atoms with E-state index in [0.717, 1.165) is 6.04 Å². The van der Waals surface area contributed by atoms with Gasteiger partial charge in [0.1, 0.15) is 0 Å². The standard InChI is InChI=1S/C13H27N3/c1-2-7-15-8-5-13(6-9-15)16-10-3-12(14)4-11-16/h12-13H,2-11,14H2,1H3. The lowest BCUT2D eigenvalue weighted by Gasteiger charge is -2.41. The summed E-state index contributed by atoms with van der Waals surface area (Å²) in [6.07, 6.45) is 6.44. The molecule has 0 aromatic carbocycles. The zero-order chi connectivity index (χ0) is 11.4. The Balaban J connectivity index is 1.72. The van der Waals surface area contributed by atoms with Gasteiger partial charge in [-0.25, -0.2) is 0 Å². The molecule has 2 fully saturated rings. The van der Waals surface area contributed by atoms with Gasteiger partial charge >= 0.3 is 0 Å². The summed E-state index contributed by atoms with van der Waals surface area (Å²) in [5.74, 6) is 0. The molecule has 0 aliphatic carbocycles. The van der Waals surface area contributed by atoms with Crippen LogP contribution in [0.2, 0.25) is 0 Å². The fourth-order valence-corrected chi connectivity index (χ4v) is 3.11. The van der Waals surface area contributed by atoms with Crippen LogP contribution in [0.5, 0.6) is 0 Å². The van der Waals surface area contributed by atoms with Crippen molar-refractivity contribution in [2.75, 3.05) is 32.7 Å². The lowest BCUT2D eigenvalue weighted by Crippen LogP contribution is -2.49. The van der Waals surface area contributed by atoms with Crippen LogP contribution in [0.1, 0.15) is 39.0 Å². The average molecular weight is 225 g/mol. The quantitative estimate of drug-likeness (QED) is 0.785. The summed E-state index contributed by atoms with van der Waals surface area (Å²) in [5.41, 5.74) is 5.95. The average Bonchev–Trinajstić information content (AvgIpc) is 2.32. The van der Waals surface area contributed by atoms with Crippen LogP contribution in [0.4, 0.5) is 0 Å². The smallest absolute Gasteiger partial charge is 0.0120 e. The molecule has 0 saturated carbocycles. The number of likely N-dealkylation sites (tertiary alicyclic amines) is 2. The number of nitrogens with zero attached hydrogens (tertiary/aromatic N) is 2. The van der Waals surface area contributed by atoms with E-state index in [-0.39, 0.29) is 0 Å². The summed E-state index contributed by atoms with van der Waals surface area (Å²) >= 11 is 0. The van der Waals surface area contributed by atoms with Gasteiger partial charge < -0.3 is 15.5 Å². The van der Waals surface area contributed by atoms with E-state index in [0.29, 0.717) is 6.04 Å². The molecule has 2 saturated heterocycles. The Morgan fingerprint density at radius 3 is 2.19 bits per heavy atom. The van der Waals surface area contributed by atoms with Crippen LogP contribution >= 0.6 is 0 Å². The van der Waals surface area contributed by atoms with E-state index in [1.54, 1.807) is 0 Å². The summed E-state index contributed by atoms with van der Waals surface area (Å²) in [6.45, 7) is 8.65. The Bertz CT molecular complexity index is 191. The van der Waals surface area contributed by atoms with Gasteiger partial charge in [0.2, 0.25) is 0 Å². The Kier molecular flexibility index (Phi) is 4.62. The van der Waals surface area contributed by atoms with Crippen LogP contribution in [0.3, 0.4) is 0 Å². The monoisotopic (exact) mass is 225 g/mol. The van der Waals surface area contributed by atoms with Crippen molar-refractivity contribution in [1.29, 1.82) is 0 Å². The van der Waals surface area contributed by atoms with Crippen LogP contribution in [0.25, 0.3) is 0 Å². The maximum absolute atomic E-state index is 5.95. The molecule has 2 rings (SSSR count). The molecule has 3 nitrogen and oxygen atoms in total. The number of hydrogen-bond acceptors (Lipinski definition) is 3. The zero-order valence-electron chi connectivity index (χ0n) is 10.7.